The molecule has 0 amide bonds. The number of nitrogens with one attached hydrogen (secondary N) is 1. The number of fused-ring (bicyclic) bond motifs is 1. The summed E-state index contributed by atoms with van der Waals surface area (Å²) < 4.78 is 7.72. The molecule has 5 nitrogen and oxygen atoms in total. The zero-order chi connectivity index (χ0) is 16.4. The van der Waals surface area contributed by atoms with Crippen molar-refractivity contribution < 1.29 is 4.74 Å². The molecule has 1 aliphatic rings. The minimum absolute atomic E-state index is 0.521. The van der Waals surface area contributed by atoms with Crippen LogP contribution in [0.5, 0.6) is 0 Å². The highest BCUT2D eigenvalue weighted by Crippen LogP contribution is 2.19. The lowest BCUT2D eigenvalue weighted by Crippen LogP contribution is -2.30. The first kappa shape index (κ1) is 15.4. The van der Waals surface area contributed by atoms with Gasteiger partial charge >= 0.3 is 0 Å². The second kappa shape index (κ2) is 6.79. The Morgan fingerprint density at radius 1 is 1.29 bits per heavy atom. The highest BCUT2D eigenvalue weighted by Gasteiger charge is 2.20. The van der Waals surface area contributed by atoms with Gasteiger partial charge in [-0.2, -0.15) is 5.10 Å². The van der Waals surface area contributed by atoms with E-state index in [-0.39, 0.29) is 0 Å². The standard InChI is InChI=1S/C19H24N4O/c1-22-7-5-18(21-22)13-23-8-9-24-14-16(12-23)10-15-2-3-19-17(11-15)4-6-20-19/h2-7,11,16,20H,8-10,12-14H2,1H3/t16-/m1/s1. The molecule has 126 valence electrons. The molecular weight excluding hydrogens is 300 g/mol. The molecule has 1 aromatic carbocycles. The van der Waals surface area contributed by atoms with E-state index in [2.05, 4.69) is 45.3 Å². The Labute approximate surface area is 142 Å². The van der Waals surface area contributed by atoms with Crippen molar-refractivity contribution in [1.82, 2.24) is 19.7 Å². The van der Waals surface area contributed by atoms with Gasteiger partial charge in [0.1, 0.15) is 0 Å². The summed E-state index contributed by atoms with van der Waals surface area (Å²) in [5, 5.41) is 5.79. The second-order valence-corrected chi connectivity index (χ2v) is 6.76. The van der Waals surface area contributed by atoms with Crippen molar-refractivity contribution in [3.05, 3.63) is 54.0 Å². The largest absolute Gasteiger partial charge is 0.380 e. The van der Waals surface area contributed by atoms with Gasteiger partial charge in [-0.15, -0.1) is 0 Å². The Kier molecular flexibility index (Phi) is 4.36. The summed E-state index contributed by atoms with van der Waals surface area (Å²) in [6.07, 6.45) is 5.06. The normalized spacial score (nSPS) is 19.6. The molecule has 0 bridgehead atoms. The van der Waals surface area contributed by atoms with Gasteiger partial charge in [-0.25, -0.2) is 0 Å². The van der Waals surface area contributed by atoms with Gasteiger partial charge in [-0.3, -0.25) is 9.58 Å². The molecule has 0 unspecified atom stereocenters. The lowest BCUT2D eigenvalue weighted by molar-refractivity contribution is 0.121. The van der Waals surface area contributed by atoms with Crippen molar-refractivity contribution in [1.29, 1.82) is 0 Å². The Balaban J connectivity index is 1.43. The summed E-state index contributed by atoms with van der Waals surface area (Å²) in [5.41, 5.74) is 3.72. The van der Waals surface area contributed by atoms with Gasteiger partial charge in [-0.05, 0) is 47.6 Å². The Hall–Kier alpha value is -2.11. The number of hydrogen-bond donors (Lipinski definition) is 1. The van der Waals surface area contributed by atoms with E-state index in [4.69, 9.17) is 4.74 Å². The van der Waals surface area contributed by atoms with E-state index in [1.807, 2.05) is 24.1 Å². The van der Waals surface area contributed by atoms with Gasteiger partial charge in [0.15, 0.2) is 0 Å². The number of benzene rings is 1. The Bertz CT molecular complexity index is 806. The number of aromatic amines is 1. The third kappa shape index (κ3) is 3.52. The van der Waals surface area contributed by atoms with Crippen LogP contribution in [0, 0.1) is 5.92 Å². The van der Waals surface area contributed by atoms with Gasteiger partial charge in [-0.1, -0.05) is 6.07 Å². The van der Waals surface area contributed by atoms with Crippen molar-refractivity contribution in [2.45, 2.75) is 13.0 Å². The molecule has 3 heterocycles. The molecule has 4 rings (SSSR count). The van der Waals surface area contributed by atoms with E-state index in [1.165, 1.54) is 16.5 Å². The third-order valence-electron chi connectivity index (χ3n) is 4.72. The van der Waals surface area contributed by atoms with E-state index >= 15 is 0 Å². The molecule has 0 aliphatic carbocycles. The van der Waals surface area contributed by atoms with E-state index in [9.17, 15) is 0 Å². The van der Waals surface area contributed by atoms with Crippen LogP contribution in [0.4, 0.5) is 0 Å². The fourth-order valence-corrected chi connectivity index (χ4v) is 3.56. The van der Waals surface area contributed by atoms with Gasteiger partial charge in [0.25, 0.3) is 0 Å². The van der Waals surface area contributed by atoms with E-state index < -0.39 is 0 Å². The predicted molar refractivity (Wildman–Crippen MR) is 94.8 cm³/mol. The average Bonchev–Trinajstić information content (AvgIpc) is 3.13. The number of rotatable bonds is 4. The van der Waals surface area contributed by atoms with Crippen LogP contribution in [0.2, 0.25) is 0 Å². The second-order valence-electron chi connectivity index (χ2n) is 6.76. The summed E-state index contributed by atoms with van der Waals surface area (Å²) in [6.45, 7) is 4.58. The molecule has 0 radical (unpaired) electrons. The summed E-state index contributed by atoms with van der Waals surface area (Å²) in [5.74, 6) is 0.521. The molecule has 1 atom stereocenters. The Morgan fingerprint density at radius 2 is 2.25 bits per heavy atom. The molecule has 0 saturated carbocycles. The van der Waals surface area contributed by atoms with E-state index in [1.54, 1.807) is 0 Å². The molecule has 1 N–H and O–H groups in total. The molecule has 3 aromatic rings. The molecule has 0 spiro atoms. The molecule has 1 saturated heterocycles. The summed E-state index contributed by atoms with van der Waals surface area (Å²) in [6, 6.07) is 10.9. The number of aromatic nitrogens is 3. The van der Waals surface area contributed by atoms with Crippen LogP contribution in [-0.2, 0) is 24.8 Å². The summed E-state index contributed by atoms with van der Waals surface area (Å²) >= 11 is 0. The van der Waals surface area contributed by atoms with Crippen molar-refractivity contribution in [2.24, 2.45) is 13.0 Å². The summed E-state index contributed by atoms with van der Waals surface area (Å²) in [7, 11) is 1.97. The van der Waals surface area contributed by atoms with Crippen LogP contribution < -0.4 is 0 Å². The van der Waals surface area contributed by atoms with Crippen LogP contribution >= 0.6 is 0 Å². The maximum atomic E-state index is 5.85. The van der Waals surface area contributed by atoms with Crippen LogP contribution in [0.25, 0.3) is 10.9 Å². The van der Waals surface area contributed by atoms with Crippen LogP contribution in [0.1, 0.15) is 11.3 Å². The highest BCUT2D eigenvalue weighted by atomic mass is 16.5. The number of hydrogen-bond acceptors (Lipinski definition) is 3. The number of H-pyrrole nitrogens is 1. The number of nitrogens with zero attached hydrogens (tertiary/aromatic N) is 3. The third-order valence-corrected chi connectivity index (χ3v) is 4.72. The lowest BCUT2D eigenvalue weighted by atomic mass is 9.98. The fourth-order valence-electron chi connectivity index (χ4n) is 3.56. The van der Waals surface area contributed by atoms with Crippen molar-refractivity contribution in [2.75, 3.05) is 26.3 Å². The maximum Gasteiger partial charge on any atom is 0.0764 e. The molecular formula is C19H24N4O. The summed E-state index contributed by atoms with van der Waals surface area (Å²) in [4.78, 5) is 5.72. The number of aryl methyl sites for hydroxylation is 1. The van der Waals surface area contributed by atoms with E-state index in [0.717, 1.165) is 45.0 Å². The van der Waals surface area contributed by atoms with Gasteiger partial charge in [0.05, 0.1) is 18.9 Å². The minimum Gasteiger partial charge on any atom is -0.380 e. The lowest BCUT2D eigenvalue weighted by Gasteiger charge is -2.22. The van der Waals surface area contributed by atoms with Crippen molar-refractivity contribution >= 4 is 10.9 Å². The van der Waals surface area contributed by atoms with E-state index in [0.29, 0.717) is 5.92 Å². The first-order valence-electron chi connectivity index (χ1n) is 8.61. The molecule has 1 fully saturated rings. The smallest absolute Gasteiger partial charge is 0.0764 e. The molecule has 2 aromatic heterocycles. The first-order valence-corrected chi connectivity index (χ1v) is 8.61. The number of ether oxygens (including phenoxy) is 1. The monoisotopic (exact) mass is 324 g/mol. The minimum atomic E-state index is 0.521. The molecule has 5 heteroatoms. The van der Waals surface area contributed by atoms with Crippen molar-refractivity contribution in [3.8, 4) is 0 Å². The fraction of sp³-hybridized carbons (Fsp3) is 0.421. The highest BCUT2D eigenvalue weighted by molar-refractivity contribution is 5.79. The zero-order valence-electron chi connectivity index (χ0n) is 14.1. The van der Waals surface area contributed by atoms with Crippen LogP contribution in [0.3, 0.4) is 0 Å². The van der Waals surface area contributed by atoms with Crippen LogP contribution in [-0.4, -0.2) is 46.0 Å². The van der Waals surface area contributed by atoms with Crippen molar-refractivity contribution in [3.63, 3.8) is 0 Å². The predicted octanol–water partition coefficient (Wildman–Crippen LogP) is 2.59. The first-order chi connectivity index (χ1) is 11.8. The average molecular weight is 324 g/mol. The zero-order valence-corrected chi connectivity index (χ0v) is 14.1. The van der Waals surface area contributed by atoms with Crippen LogP contribution in [0.15, 0.2) is 42.7 Å². The van der Waals surface area contributed by atoms with Gasteiger partial charge < -0.3 is 9.72 Å². The SMILES string of the molecule is Cn1ccc(CN2CCOC[C@H](Cc3ccc4[nH]ccc4c3)C2)n1. The topological polar surface area (TPSA) is 46.1 Å². The molecule has 24 heavy (non-hydrogen) atoms. The molecule has 1 aliphatic heterocycles. The van der Waals surface area contributed by atoms with Gasteiger partial charge in [0, 0.05) is 44.6 Å². The maximum absolute atomic E-state index is 5.85. The quantitative estimate of drug-likeness (QED) is 0.802. The van der Waals surface area contributed by atoms with Gasteiger partial charge in [0.2, 0.25) is 0 Å². The Morgan fingerprint density at radius 3 is 3.12 bits per heavy atom.